The molecule has 2 aromatic rings. The highest BCUT2D eigenvalue weighted by atomic mass is 35.5. The van der Waals surface area contributed by atoms with E-state index in [1.807, 2.05) is 0 Å². The number of hydrogen-bond acceptors (Lipinski definition) is 10. The molecule has 4 N–H and O–H groups in total. The number of nitrogens with one attached hydrogen (secondary N) is 1. The van der Waals surface area contributed by atoms with Crippen LogP contribution in [0.15, 0.2) is 47.4 Å². The number of para-hydroxylation sites is 1. The molecular weight excluding hydrogens is 534 g/mol. The van der Waals surface area contributed by atoms with Crippen LogP contribution in [0.25, 0.3) is 0 Å². The lowest BCUT2D eigenvalue weighted by Gasteiger charge is -2.25. The third-order valence-electron chi connectivity index (χ3n) is 5.17. The van der Waals surface area contributed by atoms with Gasteiger partial charge in [0.05, 0.1) is 12.7 Å². The third-order valence-corrected chi connectivity index (χ3v) is 7.40. The van der Waals surface area contributed by atoms with Gasteiger partial charge in [0.2, 0.25) is 0 Å². The van der Waals surface area contributed by atoms with Gasteiger partial charge < -0.3 is 29.6 Å². The first-order chi connectivity index (χ1) is 17.3. The van der Waals surface area contributed by atoms with Crippen molar-refractivity contribution in [2.75, 3.05) is 18.7 Å². The van der Waals surface area contributed by atoms with E-state index in [4.69, 9.17) is 36.1 Å². The highest BCUT2D eigenvalue weighted by Crippen LogP contribution is 2.48. The molecule has 204 valence electrons. The van der Waals surface area contributed by atoms with E-state index in [1.165, 1.54) is 13.0 Å². The van der Waals surface area contributed by atoms with E-state index in [0.29, 0.717) is 5.75 Å². The van der Waals surface area contributed by atoms with Crippen LogP contribution in [0.1, 0.15) is 27.0 Å². The number of hydrogen-bond donors (Lipinski definition) is 3. The zero-order valence-corrected chi connectivity index (χ0v) is 22.0. The largest absolute Gasteiger partial charge is 0.482 e. The summed E-state index contributed by atoms with van der Waals surface area (Å²) in [7, 11) is -3.99. The van der Waals surface area contributed by atoms with Crippen LogP contribution >= 0.6 is 19.1 Å². The molecule has 0 radical (unpaired) electrons. The van der Waals surface area contributed by atoms with Gasteiger partial charge in [0.25, 0.3) is 5.13 Å². The summed E-state index contributed by atoms with van der Waals surface area (Å²) in [6.07, 6.45) is -5.05. The number of rotatable bonds is 11. The topological polar surface area (TPSA) is 164 Å². The fourth-order valence-electron chi connectivity index (χ4n) is 3.37. The number of nitrogens with two attached hydrogens (primary N) is 1. The molecule has 3 rings (SSSR count). The second-order valence-corrected chi connectivity index (χ2v) is 11.3. The Bertz CT molecular complexity index is 1180. The second-order valence-electron chi connectivity index (χ2n) is 8.58. The number of aliphatic hydroxyl groups is 1. The van der Waals surface area contributed by atoms with Crippen LogP contribution in [-0.2, 0) is 23.4 Å². The van der Waals surface area contributed by atoms with Crippen molar-refractivity contribution in [3.05, 3.63) is 53.1 Å². The summed E-state index contributed by atoms with van der Waals surface area (Å²) in [4.78, 5) is 27.9. The average molecular weight is 563 g/mol. The lowest BCUT2D eigenvalue weighted by atomic mass is 10.1. The molecule has 1 saturated heterocycles. The first kappa shape index (κ1) is 29.0. The van der Waals surface area contributed by atoms with Crippen molar-refractivity contribution in [3.8, 4) is 5.75 Å². The predicted molar refractivity (Wildman–Crippen MR) is 132 cm³/mol. The van der Waals surface area contributed by atoms with Crippen LogP contribution in [0, 0.1) is 0 Å². The van der Waals surface area contributed by atoms with Crippen molar-refractivity contribution in [2.45, 2.75) is 56.5 Å². The number of aromatic nitrogens is 2. The van der Waals surface area contributed by atoms with Crippen molar-refractivity contribution in [2.24, 2.45) is 0 Å². The van der Waals surface area contributed by atoms with Crippen LogP contribution in [0.4, 0.5) is 10.2 Å². The number of nitrogens with zero attached hydrogens (tertiary/aromatic N) is 2. The number of carbonyl (C=O) groups excluding carboxylic acids is 1. The number of aliphatic hydroxyl groups excluding tert-OH is 1. The van der Waals surface area contributed by atoms with Crippen molar-refractivity contribution in [1.82, 2.24) is 14.6 Å². The lowest BCUT2D eigenvalue weighted by molar-refractivity contribution is -0.149. The zero-order chi connectivity index (χ0) is 27.4. The molecule has 1 fully saturated rings. The van der Waals surface area contributed by atoms with E-state index in [2.05, 4.69) is 10.1 Å². The lowest BCUT2D eigenvalue weighted by Crippen LogP contribution is -2.41. The second kappa shape index (κ2) is 11.9. The molecule has 1 aliphatic rings. The maximum atomic E-state index is 15.3. The number of benzene rings is 1. The zero-order valence-electron chi connectivity index (χ0n) is 20.3. The Morgan fingerprint density at radius 2 is 2.03 bits per heavy atom. The molecular formula is C22H29ClFN4O8P. The summed E-state index contributed by atoms with van der Waals surface area (Å²) in [5.74, 6) is -0.412. The van der Waals surface area contributed by atoms with E-state index in [1.54, 1.807) is 44.2 Å². The van der Waals surface area contributed by atoms with Crippen molar-refractivity contribution in [3.63, 3.8) is 0 Å². The Hall–Kier alpha value is -2.54. The van der Waals surface area contributed by atoms with Crippen molar-refractivity contribution in [1.29, 1.82) is 0 Å². The number of carbonyl (C=O) groups is 1. The monoisotopic (exact) mass is 562 g/mol. The van der Waals surface area contributed by atoms with E-state index >= 15 is 4.39 Å². The van der Waals surface area contributed by atoms with Crippen LogP contribution in [0.5, 0.6) is 5.75 Å². The highest BCUT2D eigenvalue weighted by molar-refractivity contribution is 7.56. The highest BCUT2D eigenvalue weighted by Gasteiger charge is 2.58. The molecule has 15 heteroatoms. The maximum Gasteiger partial charge on any atom is 0.351 e. The number of nitrogen functional groups attached to an aromatic ring is 1. The number of esters is 1. The Balaban J connectivity index is 1.76. The molecule has 0 bridgehead atoms. The van der Waals surface area contributed by atoms with Gasteiger partial charge in [-0.1, -0.05) is 29.8 Å². The van der Waals surface area contributed by atoms with Crippen LogP contribution < -0.4 is 21.2 Å². The summed E-state index contributed by atoms with van der Waals surface area (Å²) >= 11 is 5.90. The van der Waals surface area contributed by atoms with Gasteiger partial charge in [0, 0.05) is 6.20 Å². The smallest absolute Gasteiger partial charge is 0.351 e. The molecule has 0 saturated carbocycles. The van der Waals surface area contributed by atoms with Gasteiger partial charge in [-0.05, 0) is 39.0 Å². The molecule has 1 aromatic heterocycles. The molecule has 1 aromatic carbocycles. The fourth-order valence-corrected chi connectivity index (χ4v) is 5.30. The van der Waals surface area contributed by atoms with Crippen molar-refractivity contribution < 1.29 is 37.6 Å². The third kappa shape index (κ3) is 7.28. The van der Waals surface area contributed by atoms with Crippen LogP contribution in [0.3, 0.4) is 0 Å². The van der Waals surface area contributed by atoms with Gasteiger partial charge in [0.1, 0.15) is 29.8 Å². The predicted octanol–water partition coefficient (Wildman–Crippen LogP) is 2.16. The van der Waals surface area contributed by atoms with Gasteiger partial charge >= 0.3 is 19.2 Å². The Labute approximate surface area is 217 Å². The first-order valence-corrected chi connectivity index (χ1v) is 13.5. The molecule has 2 heterocycles. The van der Waals surface area contributed by atoms with Crippen LogP contribution in [0.2, 0.25) is 0 Å². The minimum atomic E-state index is -3.99. The quantitative estimate of drug-likeness (QED) is 0.209. The normalized spacial score (nSPS) is 26.0. The van der Waals surface area contributed by atoms with E-state index in [0.717, 1.165) is 10.8 Å². The molecule has 5 unspecified atom stereocenters. The molecule has 37 heavy (non-hydrogen) atoms. The number of anilines is 1. The van der Waals surface area contributed by atoms with Gasteiger partial charge in [-0.3, -0.25) is 13.9 Å². The summed E-state index contributed by atoms with van der Waals surface area (Å²) in [5, 5.41) is 10.1. The molecule has 12 nitrogen and oxygen atoms in total. The van der Waals surface area contributed by atoms with Gasteiger partial charge in [-0.15, -0.1) is 0 Å². The van der Waals surface area contributed by atoms with E-state index in [9.17, 15) is 19.3 Å². The fraction of sp³-hybridized carbons (Fsp3) is 0.500. The molecule has 1 aliphatic heterocycles. The Morgan fingerprint density at radius 3 is 2.65 bits per heavy atom. The van der Waals surface area contributed by atoms with Gasteiger partial charge in [0.15, 0.2) is 12.6 Å². The minimum absolute atomic E-state index is 0.103. The average Bonchev–Trinajstić information content (AvgIpc) is 3.05. The van der Waals surface area contributed by atoms with Crippen LogP contribution in [-0.4, -0.2) is 63.1 Å². The Morgan fingerprint density at radius 1 is 1.35 bits per heavy atom. The SMILES string of the molecule is CC(C)OC(=O)[C@H](C)NP(=O)(COc1ccccc1)OCC1OC(n2ccc(N)nc2=O)C(F)(Cl)C1O. The number of halogens is 2. The molecule has 0 amide bonds. The molecule has 0 spiro atoms. The molecule has 6 atom stereocenters. The van der Waals surface area contributed by atoms with Gasteiger partial charge in [-0.2, -0.15) is 4.98 Å². The molecule has 0 aliphatic carbocycles. The van der Waals surface area contributed by atoms with E-state index in [-0.39, 0.29) is 5.82 Å². The Kier molecular flexibility index (Phi) is 9.32. The van der Waals surface area contributed by atoms with Crippen molar-refractivity contribution >= 4 is 30.9 Å². The number of alkyl halides is 2. The first-order valence-electron chi connectivity index (χ1n) is 11.3. The minimum Gasteiger partial charge on any atom is -0.482 e. The summed E-state index contributed by atoms with van der Waals surface area (Å²) < 4.78 is 51.3. The summed E-state index contributed by atoms with van der Waals surface area (Å²) in [5.41, 5.74) is 4.50. The number of ether oxygens (including phenoxy) is 3. The van der Waals surface area contributed by atoms with Gasteiger partial charge in [-0.25, -0.2) is 14.3 Å². The maximum absolute atomic E-state index is 15.3. The van der Waals surface area contributed by atoms with E-state index < -0.39 is 67.8 Å². The summed E-state index contributed by atoms with van der Waals surface area (Å²) in [6, 6.07) is 8.58. The standard InChI is InChI=1S/C22H29ClFN4O8P/c1-13(2)35-19(30)14(3)27-37(32,12-33-15-7-5-4-6-8-15)34-11-16-18(29)22(23,24)20(36-16)28-10-9-17(25)26-21(28)31/h4-10,13-14,16,18,20,29H,11-12H2,1-3H3,(H,27,32)(H2,25,26,31)/t14-,16?,18?,20?,22?,37?/m0/s1. The summed E-state index contributed by atoms with van der Waals surface area (Å²) in [6.45, 7) is 4.10.